The number of likely N-dealkylation sites (tertiary alicyclic amines) is 1. The number of hydrogen-bond acceptors (Lipinski definition) is 5. The van der Waals surface area contributed by atoms with Crippen molar-refractivity contribution in [2.45, 2.75) is 51.2 Å². The smallest absolute Gasteiger partial charge is 0.222 e. The molecule has 1 amide bonds. The number of amides is 1. The van der Waals surface area contributed by atoms with Crippen molar-refractivity contribution in [3.8, 4) is 0 Å². The van der Waals surface area contributed by atoms with Crippen LogP contribution in [-0.2, 0) is 22.6 Å². The summed E-state index contributed by atoms with van der Waals surface area (Å²) in [6, 6.07) is 0.371. The highest BCUT2D eigenvalue weighted by Gasteiger charge is 2.29. The van der Waals surface area contributed by atoms with E-state index in [1.165, 1.54) is 12.8 Å². The molecule has 1 saturated carbocycles. The van der Waals surface area contributed by atoms with Crippen molar-refractivity contribution < 1.29 is 9.53 Å². The van der Waals surface area contributed by atoms with Crippen LogP contribution in [0.1, 0.15) is 37.9 Å². The third-order valence-corrected chi connectivity index (χ3v) is 4.76. The van der Waals surface area contributed by atoms with Gasteiger partial charge in [-0.1, -0.05) is 0 Å². The Balaban J connectivity index is 1.46. The SMILES string of the molecule is COCCn1cnnc1CN[C@H]1CCC(=O)N(CC2CC2)CC1. The zero-order valence-electron chi connectivity index (χ0n) is 13.9. The fraction of sp³-hybridized carbons (Fsp3) is 0.812. The van der Waals surface area contributed by atoms with Gasteiger partial charge in [-0.15, -0.1) is 10.2 Å². The summed E-state index contributed by atoms with van der Waals surface area (Å²) in [5, 5.41) is 11.7. The summed E-state index contributed by atoms with van der Waals surface area (Å²) in [6.07, 6.45) is 6.91. The van der Waals surface area contributed by atoms with Crippen LogP contribution in [-0.4, -0.2) is 58.4 Å². The quantitative estimate of drug-likeness (QED) is 0.767. The molecule has 1 aliphatic heterocycles. The van der Waals surface area contributed by atoms with Gasteiger partial charge in [0.05, 0.1) is 13.2 Å². The van der Waals surface area contributed by atoms with Gasteiger partial charge in [-0.3, -0.25) is 4.79 Å². The predicted molar refractivity (Wildman–Crippen MR) is 85.7 cm³/mol. The Kier molecular flexibility index (Phi) is 5.61. The van der Waals surface area contributed by atoms with Gasteiger partial charge in [0.2, 0.25) is 5.91 Å². The van der Waals surface area contributed by atoms with E-state index in [0.29, 0.717) is 31.5 Å². The Morgan fingerprint density at radius 1 is 1.35 bits per heavy atom. The largest absolute Gasteiger partial charge is 0.383 e. The second-order valence-electron chi connectivity index (χ2n) is 6.62. The lowest BCUT2D eigenvalue weighted by molar-refractivity contribution is -0.130. The Morgan fingerprint density at radius 2 is 2.22 bits per heavy atom. The molecule has 1 aromatic rings. The lowest BCUT2D eigenvalue weighted by atomic mass is 10.1. The van der Waals surface area contributed by atoms with Crippen LogP contribution in [0.2, 0.25) is 0 Å². The third kappa shape index (κ3) is 4.75. The van der Waals surface area contributed by atoms with Crippen molar-refractivity contribution in [3.63, 3.8) is 0 Å². The first-order valence-electron chi connectivity index (χ1n) is 8.63. The van der Waals surface area contributed by atoms with Gasteiger partial charge >= 0.3 is 0 Å². The number of carbonyl (C=O) groups excluding carboxylic acids is 1. The molecule has 2 aliphatic rings. The molecule has 23 heavy (non-hydrogen) atoms. The zero-order chi connectivity index (χ0) is 16.1. The summed E-state index contributed by atoms with van der Waals surface area (Å²) in [4.78, 5) is 14.3. The average Bonchev–Trinajstić information content (AvgIpc) is 3.30. The van der Waals surface area contributed by atoms with Gasteiger partial charge in [-0.25, -0.2) is 0 Å². The van der Waals surface area contributed by atoms with Crippen molar-refractivity contribution in [1.82, 2.24) is 25.0 Å². The molecular weight excluding hydrogens is 294 g/mol. The van der Waals surface area contributed by atoms with E-state index in [0.717, 1.165) is 44.2 Å². The number of ether oxygens (including phenoxy) is 1. The van der Waals surface area contributed by atoms with E-state index >= 15 is 0 Å². The molecule has 0 unspecified atom stereocenters. The maximum absolute atomic E-state index is 12.2. The van der Waals surface area contributed by atoms with Crippen molar-refractivity contribution in [2.75, 3.05) is 26.8 Å². The number of carbonyl (C=O) groups is 1. The molecule has 128 valence electrons. The molecule has 1 N–H and O–H groups in total. The van der Waals surface area contributed by atoms with E-state index in [4.69, 9.17) is 4.74 Å². The van der Waals surface area contributed by atoms with Gasteiger partial charge in [-0.05, 0) is 31.6 Å². The van der Waals surface area contributed by atoms with Crippen molar-refractivity contribution in [2.24, 2.45) is 5.92 Å². The van der Waals surface area contributed by atoms with Crippen LogP contribution in [0.25, 0.3) is 0 Å². The summed E-state index contributed by atoms with van der Waals surface area (Å²) in [5.74, 6) is 2.01. The average molecular weight is 321 g/mol. The maximum Gasteiger partial charge on any atom is 0.222 e. The molecule has 0 bridgehead atoms. The molecule has 7 nitrogen and oxygen atoms in total. The first kappa shape index (κ1) is 16.4. The number of methoxy groups -OCH3 is 1. The molecule has 1 aliphatic carbocycles. The normalized spacial score (nSPS) is 22.4. The van der Waals surface area contributed by atoms with E-state index in [1.54, 1.807) is 13.4 Å². The highest BCUT2D eigenvalue weighted by atomic mass is 16.5. The fourth-order valence-electron chi connectivity index (χ4n) is 3.07. The molecule has 0 aromatic carbocycles. The van der Waals surface area contributed by atoms with E-state index < -0.39 is 0 Å². The van der Waals surface area contributed by atoms with E-state index in [1.807, 2.05) is 4.57 Å². The van der Waals surface area contributed by atoms with Crippen LogP contribution in [0.5, 0.6) is 0 Å². The first-order valence-corrected chi connectivity index (χ1v) is 8.63. The van der Waals surface area contributed by atoms with Crippen LogP contribution in [0.15, 0.2) is 6.33 Å². The number of rotatable bonds is 8. The van der Waals surface area contributed by atoms with Crippen LogP contribution in [0.4, 0.5) is 0 Å². The number of nitrogens with one attached hydrogen (secondary N) is 1. The fourth-order valence-corrected chi connectivity index (χ4v) is 3.07. The Hall–Kier alpha value is -1.47. The van der Waals surface area contributed by atoms with E-state index in [-0.39, 0.29) is 0 Å². The standard InChI is InChI=1S/C16H27N5O2/c1-23-9-8-21-12-18-19-15(21)10-17-14-4-5-16(22)20(7-6-14)11-13-2-3-13/h12-14,17H,2-11H2,1H3/t14-/m0/s1. The van der Waals surface area contributed by atoms with Crippen LogP contribution in [0.3, 0.4) is 0 Å². The van der Waals surface area contributed by atoms with Gasteiger partial charge in [0.25, 0.3) is 0 Å². The second-order valence-corrected chi connectivity index (χ2v) is 6.62. The number of hydrogen-bond donors (Lipinski definition) is 1. The molecule has 2 heterocycles. The lowest BCUT2D eigenvalue weighted by Crippen LogP contribution is -2.33. The molecule has 1 atom stereocenters. The molecule has 7 heteroatoms. The van der Waals surface area contributed by atoms with Crippen molar-refractivity contribution >= 4 is 5.91 Å². The van der Waals surface area contributed by atoms with Crippen LogP contribution < -0.4 is 5.32 Å². The van der Waals surface area contributed by atoms with Gasteiger partial charge in [-0.2, -0.15) is 0 Å². The molecular formula is C16H27N5O2. The molecule has 0 radical (unpaired) electrons. The molecule has 0 spiro atoms. The Bertz CT molecular complexity index is 514. The third-order valence-electron chi connectivity index (χ3n) is 4.76. The van der Waals surface area contributed by atoms with E-state index in [2.05, 4.69) is 20.4 Å². The van der Waals surface area contributed by atoms with Gasteiger partial charge in [0.15, 0.2) is 0 Å². The minimum absolute atomic E-state index is 0.324. The van der Waals surface area contributed by atoms with Crippen LogP contribution in [0, 0.1) is 5.92 Å². The Morgan fingerprint density at radius 3 is 3.00 bits per heavy atom. The van der Waals surface area contributed by atoms with Gasteiger partial charge in [0, 0.05) is 39.2 Å². The topological polar surface area (TPSA) is 72.3 Å². The molecule has 1 saturated heterocycles. The number of aromatic nitrogens is 3. The lowest BCUT2D eigenvalue weighted by Gasteiger charge is -2.20. The summed E-state index contributed by atoms with van der Waals surface area (Å²) < 4.78 is 7.11. The first-order chi connectivity index (χ1) is 11.3. The molecule has 3 rings (SSSR count). The minimum Gasteiger partial charge on any atom is -0.383 e. The highest BCUT2D eigenvalue weighted by Crippen LogP contribution is 2.30. The maximum atomic E-state index is 12.2. The summed E-state index contributed by atoms with van der Waals surface area (Å²) in [6.45, 7) is 3.95. The number of nitrogens with zero attached hydrogens (tertiary/aromatic N) is 4. The predicted octanol–water partition coefficient (Wildman–Crippen LogP) is 0.805. The Labute approximate surface area is 137 Å². The van der Waals surface area contributed by atoms with E-state index in [9.17, 15) is 4.79 Å². The summed E-state index contributed by atoms with van der Waals surface area (Å²) in [7, 11) is 1.69. The van der Waals surface area contributed by atoms with Crippen molar-refractivity contribution in [1.29, 1.82) is 0 Å². The summed E-state index contributed by atoms with van der Waals surface area (Å²) >= 11 is 0. The van der Waals surface area contributed by atoms with Gasteiger partial charge < -0.3 is 19.5 Å². The minimum atomic E-state index is 0.324. The van der Waals surface area contributed by atoms with Crippen molar-refractivity contribution in [3.05, 3.63) is 12.2 Å². The van der Waals surface area contributed by atoms with Gasteiger partial charge in [0.1, 0.15) is 12.2 Å². The molecule has 2 fully saturated rings. The zero-order valence-corrected chi connectivity index (χ0v) is 13.9. The monoisotopic (exact) mass is 321 g/mol. The van der Waals surface area contributed by atoms with Crippen LogP contribution >= 0.6 is 0 Å². The summed E-state index contributed by atoms with van der Waals surface area (Å²) in [5.41, 5.74) is 0. The molecule has 1 aromatic heterocycles. The second kappa shape index (κ2) is 7.88. The highest BCUT2D eigenvalue weighted by molar-refractivity contribution is 5.76.